The van der Waals surface area contributed by atoms with Gasteiger partial charge in [-0.05, 0) is 31.2 Å². The van der Waals surface area contributed by atoms with Crippen molar-refractivity contribution in [3.05, 3.63) is 41.7 Å². The summed E-state index contributed by atoms with van der Waals surface area (Å²) in [7, 11) is 0. The fraction of sp³-hybridized carbons (Fsp3) is 0.500. The summed E-state index contributed by atoms with van der Waals surface area (Å²) in [5.41, 5.74) is 1.24. The van der Waals surface area contributed by atoms with Crippen molar-refractivity contribution in [1.82, 2.24) is 20.1 Å². The number of thioether (sulfide) groups is 1. The van der Waals surface area contributed by atoms with Gasteiger partial charge >= 0.3 is 0 Å². The molecular formula is C18H24N4OS. The van der Waals surface area contributed by atoms with Gasteiger partial charge in [0.2, 0.25) is 5.91 Å². The number of carbonyl (C=O) groups excluding carboxylic acids is 1. The van der Waals surface area contributed by atoms with Crippen LogP contribution in [0.1, 0.15) is 49.9 Å². The molecule has 24 heavy (non-hydrogen) atoms. The van der Waals surface area contributed by atoms with E-state index in [1.54, 1.807) is 0 Å². The number of carbonyl (C=O) groups is 1. The van der Waals surface area contributed by atoms with Crippen molar-refractivity contribution in [1.29, 1.82) is 0 Å². The molecule has 1 aliphatic carbocycles. The Balaban J connectivity index is 1.47. The lowest BCUT2D eigenvalue weighted by molar-refractivity contribution is -0.118. The summed E-state index contributed by atoms with van der Waals surface area (Å²) < 4.78 is 2.14. The van der Waals surface area contributed by atoms with E-state index >= 15 is 0 Å². The van der Waals surface area contributed by atoms with Crippen LogP contribution in [0.3, 0.4) is 0 Å². The van der Waals surface area contributed by atoms with Crippen molar-refractivity contribution in [2.75, 3.05) is 12.3 Å². The first-order valence-electron chi connectivity index (χ1n) is 8.56. The second-order valence-electron chi connectivity index (χ2n) is 6.26. The average molecular weight is 344 g/mol. The molecule has 6 heteroatoms. The fourth-order valence-electron chi connectivity index (χ4n) is 2.70. The number of hydrogen-bond acceptors (Lipinski definition) is 4. The highest BCUT2D eigenvalue weighted by atomic mass is 32.2. The minimum Gasteiger partial charge on any atom is -0.355 e. The van der Waals surface area contributed by atoms with Gasteiger partial charge in [-0.1, -0.05) is 49.0 Å². The van der Waals surface area contributed by atoms with Crippen LogP contribution in [0.4, 0.5) is 0 Å². The monoisotopic (exact) mass is 344 g/mol. The van der Waals surface area contributed by atoms with Gasteiger partial charge in [0.25, 0.3) is 0 Å². The number of rotatable bonds is 8. The van der Waals surface area contributed by atoms with Crippen LogP contribution in [0.25, 0.3) is 0 Å². The number of nitrogens with zero attached hydrogens (tertiary/aromatic N) is 3. The summed E-state index contributed by atoms with van der Waals surface area (Å²) in [6.07, 6.45) is 2.42. The number of benzene rings is 1. The largest absolute Gasteiger partial charge is 0.355 e. The summed E-state index contributed by atoms with van der Waals surface area (Å²) in [5, 5.41) is 12.4. The first-order chi connectivity index (χ1) is 11.7. The van der Waals surface area contributed by atoms with Gasteiger partial charge in [-0.15, -0.1) is 10.2 Å². The lowest BCUT2D eigenvalue weighted by atomic mass is 10.0. The number of amides is 1. The Morgan fingerprint density at radius 2 is 2.08 bits per heavy atom. The Bertz CT molecular complexity index is 682. The van der Waals surface area contributed by atoms with Gasteiger partial charge in [0.1, 0.15) is 5.82 Å². The summed E-state index contributed by atoms with van der Waals surface area (Å²) >= 11 is 1.47. The van der Waals surface area contributed by atoms with Crippen LogP contribution >= 0.6 is 11.8 Å². The van der Waals surface area contributed by atoms with Gasteiger partial charge in [0, 0.05) is 19.0 Å². The minimum absolute atomic E-state index is 0.0430. The number of aromatic nitrogens is 3. The molecule has 0 radical (unpaired) electrons. The van der Waals surface area contributed by atoms with E-state index in [1.807, 2.05) is 18.2 Å². The summed E-state index contributed by atoms with van der Waals surface area (Å²) in [6, 6.07) is 10.2. The van der Waals surface area contributed by atoms with Crippen molar-refractivity contribution in [3.8, 4) is 0 Å². The quantitative estimate of drug-likeness (QED) is 0.747. The zero-order valence-electron chi connectivity index (χ0n) is 14.2. The molecule has 2 aromatic rings. The van der Waals surface area contributed by atoms with E-state index in [2.05, 4.69) is 46.1 Å². The van der Waals surface area contributed by atoms with Crippen LogP contribution in [0.15, 0.2) is 35.5 Å². The summed E-state index contributed by atoms with van der Waals surface area (Å²) in [4.78, 5) is 12.1. The van der Waals surface area contributed by atoms with E-state index in [1.165, 1.54) is 30.2 Å². The predicted molar refractivity (Wildman–Crippen MR) is 96.3 cm³/mol. The molecule has 1 heterocycles. The smallest absolute Gasteiger partial charge is 0.230 e. The highest BCUT2D eigenvalue weighted by Crippen LogP contribution is 2.39. The summed E-state index contributed by atoms with van der Waals surface area (Å²) in [5.74, 6) is 2.39. The molecular weight excluding hydrogens is 320 g/mol. The highest BCUT2D eigenvalue weighted by Gasteiger charge is 2.30. The van der Waals surface area contributed by atoms with Crippen molar-refractivity contribution >= 4 is 17.7 Å². The van der Waals surface area contributed by atoms with Crippen LogP contribution in [0.5, 0.6) is 0 Å². The van der Waals surface area contributed by atoms with Crippen LogP contribution in [-0.2, 0) is 11.3 Å². The maximum Gasteiger partial charge on any atom is 0.230 e. The molecule has 1 amide bonds. The third-order valence-electron chi connectivity index (χ3n) is 4.31. The van der Waals surface area contributed by atoms with Gasteiger partial charge in [-0.2, -0.15) is 0 Å². The molecule has 1 atom stereocenters. The molecule has 0 bridgehead atoms. The highest BCUT2D eigenvalue weighted by molar-refractivity contribution is 7.99. The zero-order valence-corrected chi connectivity index (χ0v) is 15.1. The molecule has 1 N–H and O–H groups in total. The Morgan fingerprint density at radius 1 is 1.33 bits per heavy atom. The first kappa shape index (κ1) is 17.0. The molecule has 0 saturated heterocycles. The SMILES string of the molecule is CCn1c(SCC(=O)NC[C@@H](C)c2ccccc2)nnc1C1CC1. The van der Waals surface area contributed by atoms with Crippen molar-refractivity contribution in [2.45, 2.75) is 50.2 Å². The number of nitrogens with one attached hydrogen (secondary N) is 1. The van der Waals surface area contributed by atoms with Gasteiger partial charge in [-0.3, -0.25) is 4.79 Å². The van der Waals surface area contributed by atoms with E-state index in [-0.39, 0.29) is 5.91 Å². The molecule has 1 fully saturated rings. The molecule has 0 unspecified atom stereocenters. The lowest BCUT2D eigenvalue weighted by Crippen LogP contribution is -2.29. The van der Waals surface area contributed by atoms with E-state index in [4.69, 9.17) is 0 Å². The van der Waals surface area contributed by atoms with E-state index in [9.17, 15) is 4.79 Å². The first-order valence-corrected chi connectivity index (χ1v) is 9.55. The third kappa shape index (κ3) is 4.17. The topological polar surface area (TPSA) is 59.8 Å². The van der Waals surface area contributed by atoms with Crippen LogP contribution < -0.4 is 5.32 Å². The molecule has 128 valence electrons. The number of hydrogen-bond donors (Lipinski definition) is 1. The lowest BCUT2D eigenvalue weighted by Gasteiger charge is -2.13. The third-order valence-corrected chi connectivity index (χ3v) is 5.28. The molecule has 5 nitrogen and oxygen atoms in total. The Morgan fingerprint density at radius 3 is 2.75 bits per heavy atom. The maximum atomic E-state index is 12.1. The predicted octanol–water partition coefficient (Wildman–Crippen LogP) is 3.19. The minimum atomic E-state index is 0.0430. The Labute approximate surface area is 147 Å². The molecule has 0 spiro atoms. The second kappa shape index (κ2) is 7.83. The van der Waals surface area contributed by atoms with Gasteiger partial charge < -0.3 is 9.88 Å². The van der Waals surface area contributed by atoms with Gasteiger partial charge in [-0.25, -0.2) is 0 Å². The Hall–Kier alpha value is -1.82. The van der Waals surface area contributed by atoms with Crippen molar-refractivity contribution in [2.24, 2.45) is 0 Å². The van der Waals surface area contributed by atoms with Crippen LogP contribution in [-0.4, -0.2) is 33.0 Å². The van der Waals surface area contributed by atoms with Gasteiger partial charge in [0.05, 0.1) is 5.75 Å². The molecule has 0 aliphatic heterocycles. The van der Waals surface area contributed by atoms with E-state index < -0.39 is 0 Å². The van der Waals surface area contributed by atoms with Gasteiger partial charge in [0.15, 0.2) is 5.16 Å². The molecule has 1 saturated carbocycles. The molecule has 1 aromatic carbocycles. The van der Waals surface area contributed by atoms with Crippen LogP contribution in [0, 0.1) is 0 Å². The second-order valence-corrected chi connectivity index (χ2v) is 7.21. The zero-order chi connectivity index (χ0) is 16.9. The van der Waals surface area contributed by atoms with Crippen LogP contribution in [0.2, 0.25) is 0 Å². The molecule has 3 rings (SSSR count). The van der Waals surface area contributed by atoms with E-state index in [0.29, 0.717) is 24.1 Å². The fourth-order valence-corrected chi connectivity index (χ4v) is 3.53. The molecule has 1 aromatic heterocycles. The standard InChI is InChI=1S/C18H24N4OS/c1-3-22-17(15-9-10-15)20-21-18(22)24-12-16(23)19-11-13(2)14-7-5-4-6-8-14/h4-8,13,15H,3,9-12H2,1-2H3,(H,19,23)/t13-/m1/s1. The summed E-state index contributed by atoms with van der Waals surface area (Å²) in [6.45, 7) is 5.73. The van der Waals surface area contributed by atoms with E-state index in [0.717, 1.165) is 17.5 Å². The molecule has 1 aliphatic rings. The van der Waals surface area contributed by atoms with Crippen molar-refractivity contribution in [3.63, 3.8) is 0 Å². The average Bonchev–Trinajstić information content (AvgIpc) is 3.38. The Kier molecular flexibility index (Phi) is 5.56. The normalized spacial score (nSPS) is 15.2. The van der Waals surface area contributed by atoms with Crippen molar-refractivity contribution < 1.29 is 4.79 Å². The maximum absolute atomic E-state index is 12.1.